The minimum absolute atomic E-state index is 0.460. The summed E-state index contributed by atoms with van der Waals surface area (Å²) in [5.74, 6) is 1.85. The third-order valence-electron chi connectivity index (χ3n) is 2.39. The van der Waals surface area contributed by atoms with E-state index in [1.807, 2.05) is 0 Å². The predicted molar refractivity (Wildman–Crippen MR) is 69.2 cm³/mol. The van der Waals surface area contributed by atoms with E-state index in [1.54, 1.807) is 34.3 Å². The molecule has 0 aromatic heterocycles. The number of rotatable bonds is 5. The molecule has 0 heterocycles. The molecule has 0 saturated heterocycles. The lowest BCUT2D eigenvalue weighted by molar-refractivity contribution is 0.193. The molecule has 0 radical (unpaired) electrons. The first-order valence-corrected chi connectivity index (χ1v) is 5.99. The highest BCUT2D eigenvalue weighted by molar-refractivity contribution is 9.10. The van der Waals surface area contributed by atoms with Crippen molar-refractivity contribution in [3.05, 3.63) is 16.1 Å². The summed E-state index contributed by atoms with van der Waals surface area (Å²) in [5, 5.41) is 9.49. The Hall–Kier alpha value is -0.940. The molecular formula is C12H17BrO4. The summed E-state index contributed by atoms with van der Waals surface area (Å²) in [4.78, 5) is 0. The van der Waals surface area contributed by atoms with Crippen LogP contribution in [0.15, 0.2) is 10.5 Å². The summed E-state index contributed by atoms with van der Waals surface area (Å²) in [7, 11) is 4.72. The van der Waals surface area contributed by atoms with Crippen LogP contribution in [0.2, 0.25) is 0 Å². The molecule has 1 atom stereocenters. The fourth-order valence-electron chi connectivity index (χ4n) is 1.63. The van der Waals surface area contributed by atoms with E-state index in [4.69, 9.17) is 14.2 Å². The highest BCUT2D eigenvalue weighted by Crippen LogP contribution is 2.43. The highest BCUT2D eigenvalue weighted by Gasteiger charge is 2.19. The summed E-state index contributed by atoms with van der Waals surface area (Å²) in [5.41, 5.74) is 0.861. The Bertz CT molecular complexity index is 391. The first-order valence-electron chi connectivity index (χ1n) is 5.20. The second kappa shape index (κ2) is 6.12. The van der Waals surface area contributed by atoms with Crippen LogP contribution in [0.5, 0.6) is 17.2 Å². The van der Waals surface area contributed by atoms with E-state index in [0.717, 1.165) is 10.0 Å². The molecule has 1 aromatic rings. The summed E-state index contributed by atoms with van der Waals surface area (Å²) >= 11 is 3.46. The first-order chi connectivity index (χ1) is 8.04. The molecule has 1 N–H and O–H groups in total. The number of aliphatic hydroxyl groups excluding tert-OH is 1. The van der Waals surface area contributed by atoms with Gasteiger partial charge in [-0.25, -0.2) is 0 Å². The van der Waals surface area contributed by atoms with Gasteiger partial charge in [-0.05, 0) is 22.9 Å². The van der Waals surface area contributed by atoms with Crippen molar-refractivity contribution in [1.29, 1.82) is 0 Å². The number of hydrogen-bond acceptors (Lipinski definition) is 4. The third-order valence-corrected chi connectivity index (χ3v) is 3.23. The zero-order chi connectivity index (χ0) is 13.0. The Balaban J connectivity index is 3.35. The second-order valence-corrected chi connectivity index (χ2v) is 4.45. The van der Waals surface area contributed by atoms with Gasteiger partial charge in [0.25, 0.3) is 0 Å². The predicted octanol–water partition coefficient (Wildman–Crippen LogP) is 2.40. The average molecular weight is 305 g/mol. The van der Waals surface area contributed by atoms with Crippen LogP contribution in [-0.2, 0) is 6.42 Å². The minimum Gasteiger partial charge on any atom is -0.496 e. The SMILES string of the molecule is COc1cc(OC)c(OC)c(Br)c1CC(C)O. The van der Waals surface area contributed by atoms with E-state index in [2.05, 4.69) is 15.9 Å². The van der Waals surface area contributed by atoms with Gasteiger partial charge < -0.3 is 19.3 Å². The van der Waals surface area contributed by atoms with Crippen LogP contribution in [0.1, 0.15) is 12.5 Å². The number of halogens is 1. The van der Waals surface area contributed by atoms with Gasteiger partial charge in [-0.15, -0.1) is 0 Å². The quantitative estimate of drug-likeness (QED) is 0.907. The van der Waals surface area contributed by atoms with Crippen LogP contribution in [0.4, 0.5) is 0 Å². The topological polar surface area (TPSA) is 47.9 Å². The van der Waals surface area contributed by atoms with E-state index in [9.17, 15) is 5.11 Å². The number of ether oxygens (including phenoxy) is 3. The van der Waals surface area contributed by atoms with Gasteiger partial charge in [-0.2, -0.15) is 0 Å². The van der Waals surface area contributed by atoms with Crippen molar-refractivity contribution in [2.75, 3.05) is 21.3 Å². The number of hydrogen-bond donors (Lipinski definition) is 1. The summed E-state index contributed by atoms with van der Waals surface area (Å²) in [6.45, 7) is 1.72. The highest BCUT2D eigenvalue weighted by atomic mass is 79.9. The van der Waals surface area contributed by atoms with Crippen molar-refractivity contribution in [2.45, 2.75) is 19.4 Å². The zero-order valence-electron chi connectivity index (χ0n) is 10.4. The Labute approximate surface area is 110 Å². The number of aliphatic hydroxyl groups is 1. The maximum atomic E-state index is 9.49. The van der Waals surface area contributed by atoms with E-state index in [-0.39, 0.29) is 0 Å². The Morgan fingerprint density at radius 1 is 1.18 bits per heavy atom. The van der Waals surface area contributed by atoms with E-state index in [0.29, 0.717) is 23.7 Å². The van der Waals surface area contributed by atoms with Crippen LogP contribution >= 0.6 is 15.9 Å². The Morgan fingerprint density at radius 3 is 2.18 bits per heavy atom. The van der Waals surface area contributed by atoms with Crippen molar-refractivity contribution in [3.8, 4) is 17.2 Å². The van der Waals surface area contributed by atoms with E-state index >= 15 is 0 Å². The molecule has 0 fully saturated rings. The smallest absolute Gasteiger partial charge is 0.175 e. The van der Waals surface area contributed by atoms with Gasteiger partial charge in [0.2, 0.25) is 0 Å². The van der Waals surface area contributed by atoms with Gasteiger partial charge in [0.1, 0.15) is 5.75 Å². The summed E-state index contributed by atoms with van der Waals surface area (Å²) in [6, 6.07) is 1.75. The van der Waals surface area contributed by atoms with Gasteiger partial charge in [0.05, 0.1) is 31.9 Å². The van der Waals surface area contributed by atoms with Crippen LogP contribution in [0, 0.1) is 0 Å². The van der Waals surface area contributed by atoms with Crippen molar-refractivity contribution in [1.82, 2.24) is 0 Å². The molecule has 0 spiro atoms. The number of methoxy groups -OCH3 is 3. The Kier molecular flexibility index (Phi) is 5.08. The molecule has 0 saturated carbocycles. The molecule has 1 rings (SSSR count). The van der Waals surface area contributed by atoms with Crippen molar-refractivity contribution in [3.63, 3.8) is 0 Å². The third kappa shape index (κ3) is 3.04. The van der Waals surface area contributed by atoms with Crippen molar-refractivity contribution >= 4 is 15.9 Å². The van der Waals surface area contributed by atoms with Crippen molar-refractivity contribution in [2.24, 2.45) is 0 Å². The van der Waals surface area contributed by atoms with Gasteiger partial charge >= 0.3 is 0 Å². The fraction of sp³-hybridized carbons (Fsp3) is 0.500. The fourth-order valence-corrected chi connectivity index (χ4v) is 2.35. The monoisotopic (exact) mass is 304 g/mol. The van der Waals surface area contributed by atoms with Gasteiger partial charge in [0.15, 0.2) is 11.5 Å². The Morgan fingerprint density at radius 2 is 1.76 bits per heavy atom. The van der Waals surface area contributed by atoms with Crippen molar-refractivity contribution < 1.29 is 19.3 Å². The lowest BCUT2D eigenvalue weighted by Gasteiger charge is -2.17. The van der Waals surface area contributed by atoms with Gasteiger partial charge in [0, 0.05) is 18.1 Å². The molecule has 5 heteroatoms. The first kappa shape index (κ1) is 14.1. The van der Waals surface area contributed by atoms with Gasteiger partial charge in [-0.1, -0.05) is 0 Å². The van der Waals surface area contributed by atoms with E-state index in [1.165, 1.54) is 0 Å². The molecule has 1 unspecified atom stereocenters. The van der Waals surface area contributed by atoms with Crippen LogP contribution in [0.3, 0.4) is 0 Å². The van der Waals surface area contributed by atoms with Gasteiger partial charge in [-0.3, -0.25) is 0 Å². The van der Waals surface area contributed by atoms with Crippen LogP contribution in [-0.4, -0.2) is 32.5 Å². The molecule has 1 aromatic carbocycles. The average Bonchev–Trinajstić information content (AvgIpc) is 2.30. The molecule has 0 aliphatic rings. The molecular weight excluding hydrogens is 288 g/mol. The van der Waals surface area contributed by atoms with Crippen LogP contribution < -0.4 is 14.2 Å². The second-order valence-electron chi connectivity index (χ2n) is 3.66. The summed E-state index contributed by atoms with van der Waals surface area (Å²) < 4.78 is 16.5. The zero-order valence-corrected chi connectivity index (χ0v) is 12.0. The lowest BCUT2D eigenvalue weighted by atomic mass is 10.1. The molecule has 96 valence electrons. The molecule has 4 nitrogen and oxygen atoms in total. The van der Waals surface area contributed by atoms with E-state index < -0.39 is 6.10 Å². The standard InChI is InChI=1S/C12H17BrO4/c1-7(14)5-8-9(15-2)6-10(16-3)12(17-4)11(8)13/h6-7,14H,5H2,1-4H3. The normalized spacial score (nSPS) is 12.1. The molecule has 17 heavy (non-hydrogen) atoms. The molecule has 0 amide bonds. The molecule has 0 bridgehead atoms. The summed E-state index contributed by atoms with van der Waals surface area (Å²) in [6.07, 6.45) is 0.0164. The molecule has 0 aliphatic carbocycles. The lowest BCUT2D eigenvalue weighted by Crippen LogP contribution is -2.08. The number of benzene rings is 1. The maximum absolute atomic E-state index is 9.49. The maximum Gasteiger partial charge on any atom is 0.175 e. The molecule has 0 aliphatic heterocycles. The van der Waals surface area contributed by atoms with Crippen LogP contribution in [0.25, 0.3) is 0 Å². The largest absolute Gasteiger partial charge is 0.496 e. The minimum atomic E-state index is -0.460.